The molecule has 2 heterocycles. The molecule has 0 bridgehead atoms. The first-order valence-corrected chi connectivity index (χ1v) is 5.44. The van der Waals surface area contributed by atoms with Gasteiger partial charge in [0.15, 0.2) is 5.76 Å². The molecule has 0 spiro atoms. The fourth-order valence-corrected chi connectivity index (χ4v) is 2.30. The summed E-state index contributed by atoms with van der Waals surface area (Å²) < 4.78 is 6.39. The van der Waals surface area contributed by atoms with E-state index in [1.165, 1.54) is 32.4 Å². The van der Waals surface area contributed by atoms with Crippen molar-refractivity contribution in [2.45, 2.75) is 32.7 Å². The van der Waals surface area contributed by atoms with E-state index in [1.54, 1.807) is 0 Å². The Labute approximate surface area is 108 Å². The SMILES string of the molecule is Cc1cc(C[N+]2(C)CCCCC2)on1.[I-]. The fraction of sp³-hybridized carbons (Fsp3) is 0.727. The summed E-state index contributed by atoms with van der Waals surface area (Å²) in [6.07, 6.45) is 4.09. The van der Waals surface area contributed by atoms with Crippen LogP contribution in [0.1, 0.15) is 30.7 Å². The molecule has 0 unspecified atom stereocenters. The van der Waals surface area contributed by atoms with Crippen LogP contribution in [0.25, 0.3) is 0 Å². The van der Waals surface area contributed by atoms with Gasteiger partial charge in [-0.2, -0.15) is 0 Å². The van der Waals surface area contributed by atoms with Gasteiger partial charge in [-0.1, -0.05) is 5.16 Å². The average Bonchev–Trinajstić information content (AvgIpc) is 2.51. The van der Waals surface area contributed by atoms with Crippen molar-refractivity contribution in [3.63, 3.8) is 0 Å². The monoisotopic (exact) mass is 322 g/mol. The molecule has 0 saturated carbocycles. The predicted octanol–water partition coefficient (Wildman–Crippen LogP) is -0.882. The molecule has 0 atom stereocenters. The van der Waals surface area contributed by atoms with Crippen molar-refractivity contribution in [3.05, 3.63) is 17.5 Å². The number of hydrogen-bond donors (Lipinski definition) is 0. The van der Waals surface area contributed by atoms with Crippen LogP contribution in [0, 0.1) is 6.92 Å². The summed E-state index contributed by atoms with van der Waals surface area (Å²) >= 11 is 0. The number of aryl methyl sites for hydroxylation is 1. The van der Waals surface area contributed by atoms with E-state index in [4.69, 9.17) is 4.52 Å². The molecule has 4 heteroatoms. The standard InChI is InChI=1S/C11H19N2O.HI/c1-10-8-11(14-12-10)9-13(2)6-4-3-5-7-13;/h8H,3-7,9H2,1-2H3;1H/q+1;/p-1. The Kier molecular flexibility index (Phi) is 4.58. The Hall–Kier alpha value is -0.100. The zero-order chi connectivity index (χ0) is 10.0. The first-order valence-electron chi connectivity index (χ1n) is 5.44. The minimum Gasteiger partial charge on any atom is -1.00 e. The van der Waals surface area contributed by atoms with Gasteiger partial charge < -0.3 is 33.0 Å². The highest BCUT2D eigenvalue weighted by atomic mass is 127. The van der Waals surface area contributed by atoms with Crippen LogP contribution in [-0.2, 0) is 6.54 Å². The molecule has 0 amide bonds. The van der Waals surface area contributed by atoms with E-state index in [-0.39, 0.29) is 24.0 Å². The third kappa shape index (κ3) is 3.45. The quantitative estimate of drug-likeness (QED) is 0.522. The number of aromatic nitrogens is 1. The van der Waals surface area contributed by atoms with Crippen LogP contribution in [0.2, 0.25) is 0 Å². The Morgan fingerprint density at radius 3 is 2.53 bits per heavy atom. The lowest BCUT2D eigenvalue weighted by Crippen LogP contribution is -3.00. The lowest BCUT2D eigenvalue weighted by Gasteiger charge is -2.36. The molecule has 0 radical (unpaired) electrons. The zero-order valence-electron chi connectivity index (χ0n) is 9.50. The van der Waals surface area contributed by atoms with E-state index in [0.717, 1.165) is 22.5 Å². The molecule has 1 aliphatic heterocycles. The molecule has 0 N–H and O–H groups in total. The second-order valence-electron chi connectivity index (χ2n) is 4.72. The highest BCUT2D eigenvalue weighted by molar-refractivity contribution is 5.01. The third-order valence-corrected chi connectivity index (χ3v) is 3.11. The van der Waals surface area contributed by atoms with Gasteiger partial charge in [0.05, 0.1) is 25.8 Å². The van der Waals surface area contributed by atoms with Crippen LogP contribution in [0.15, 0.2) is 10.6 Å². The Morgan fingerprint density at radius 2 is 2.00 bits per heavy atom. The van der Waals surface area contributed by atoms with E-state index in [9.17, 15) is 0 Å². The molecule has 1 aromatic heterocycles. The van der Waals surface area contributed by atoms with E-state index in [1.807, 2.05) is 6.92 Å². The molecule has 0 aliphatic carbocycles. The van der Waals surface area contributed by atoms with Crippen molar-refractivity contribution in [1.29, 1.82) is 0 Å². The second-order valence-corrected chi connectivity index (χ2v) is 4.72. The lowest BCUT2D eigenvalue weighted by molar-refractivity contribution is -0.927. The van der Waals surface area contributed by atoms with Gasteiger partial charge in [0.2, 0.25) is 0 Å². The van der Waals surface area contributed by atoms with Gasteiger partial charge >= 0.3 is 0 Å². The first kappa shape index (κ1) is 13.0. The van der Waals surface area contributed by atoms with E-state index in [0.29, 0.717) is 0 Å². The largest absolute Gasteiger partial charge is 1.00 e. The van der Waals surface area contributed by atoms with Gasteiger partial charge in [-0.15, -0.1) is 0 Å². The summed E-state index contributed by atoms with van der Waals surface area (Å²) in [4.78, 5) is 0. The summed E-state index contributed by atoms with van der Waals surface area (Å²) in [6, 6.07) is 2.05. The molecular formula is C11H19IN2O. The van der Waals surface area contributed by atoms with Gasteiger partial charge in [-0.05, 0) is 26.2 Å². The number of quaternary nitrogens is 1. The van der Waals surface area contributed by atoms with E-state index in [2.05, 4.69) is 18.3 Å². The molecule has 86 valence electrons. The van der Waals surface area contributed by atoms with Crippen molar-refractivity contribution in [1.82, 2.24) is 5.16 Å². The number of nitrogens with zero attached hydrogens (tertiary/aromatic N) is 2. The highest BCUT2D eigenvalue weighted by Crippen LogP contribution is 2.20. The first-order chi connectivity index (χ1) is 6.68. The van der Waals surface area contributed by atoms with Gasteiger partial charge in [0.1, 0.15) is 6.54 Å². The highest BCUT2D eigenvalue weighted by Gasteiger charge is 2.26. The van der Waals surface area contributed by atoms with Crippen LogP contribution in [0.4, 0.5) is 0 Å². The summed E-state index contributed by atoms with van der Waals surface area (Å²) in [7, 11) is 2.32. The summed E-state index contributed by atoms with van der Waals surface area (Å²) in [5.41, 5.74) is 0.989. The van der Waals surface area contributed by atoms with Crippen molar-refractivity contribution in [2.75, 3.05) is 20.1 Å². The maximum absolute atomic E-state index is 5.27. The van der Waals surface area contributed by atoms with E-state index >= 15 is 0 Å². The predicted molar refractivity (Wildman–Crippen MR) is 54.7 cm³/mol. The topological polar surface area (TPSA) is 26.0 Å². The summed E-state index contributed by atoms with van der Waals surface area (Å²) in [5.74, 6) is 1.03. The van der Waals surface area contributed by atoms with Crippen LogP contribution < -0.4 is 24.0 Å². The molecular weight excluding hydrogens is 303 g/mol. The molecule has 1 fully saturated rings. The molecule has 0 aromatic carbocycles. The Morgan fingerprint density at radius 1 is 1.33 bits per heavy atom. The molecule has 2 rings (SSSR count). The van der Waals surface area contributed by atoms with Crippen molar-refractivity contribution in [3.8, 4) is 0 Å². The second kappa shape index (κ2) is 5.30. The number of rotatable bonds is 2. The Balaban J connectivity index is 0.00000112. The van der Waals surface area contributed by atoms with Crippen molar-refractivity contribution >= 4 is 0 Å². The van der Waals surface area contributed by atoms with Gasteiger partial charge in [0, 0.05) is 6.07 Å². The fourth-order valence-electron chi connectivity index (χ4n) is 2.30. The van der Waals surface area contributed by atoms with Gasteiger partial charge in [-0.25, -0.2) is 0 Å². The maximum atomic E-state index is 5.27. The van der Waals surface area contributed by atoms with Gasteiger partial charge in [0.25, 0.3) is 0 Å². The number of piperidine rings is 1. The Bertz CT molecular complexity index is 305. The minimum atomic E-state index is 0. The smallest absolute Gasteiger partial charge is 0.191 e. The lowest BCUT2D eigenvalue weighted by atomic mass is 10.1. The summed E-state index contributed by atoms with van der Waals surface area (Å²) in [5, 5.41) is 3.93. The normalized spacial score (nSPS) is 19.6. The summed E-state index contributed by atoms with van der Waals surface area (Å²) in [6.45, 7) is 5.53. The van der Waals surface area contributed by atoms with Crippen LogP contribution in [0.3, 0.4) is 0 Å². The van der Waals surface area contributed by atoms with Crippen molar-refractivity contribution < 1.29 is 33.0 Å². The maximum Gasteiger partial charge on any atom is 0.191 e. The van der Waals surface area contributed by atoms with E-state index < -0.39 is 0 Å². The molecule has 15 heavy (non-hydrogen) atoms. The van der Waals surface area contributed by atoms with Crippen molar-refractivity contribution in [2.24, 2.45) is 0 Å². The molecule has 1 saturated heterocycles. The van der Waals surface area contributed by atoms with Gasteiger partial charge in [-0.3, -0.25) is 0 Å². The molecule has 1 aromatic rings. The molecule has 3 nitrogen and oxygen atoms in total. The van der Waals surface area contributed by atoms with Crippen LogP contribution in [-0.4, -0.2) is 29.8 Å². The minimum absolute atomic E-state index is 0. The number of hydrogen-bond acceptors (Lipinski definition) is 2. The van der Waals surface area contributed by atoms with Crippen LogP contribution in [0.5, 0.6) is 0 Å². The number of halogens is 1. The zero-order valence-corrected chi connectivity index (χ0v) is 11.7. The molecule has 1 aliphatic rings. The number of likely N-dealkylation sites (tertiary alicyclic amines) is 1. The van der Waals surface area contributed by atoms with Crippen LogP contribution >= 0.6 is 0 Å². The third-order valence-electron chi connectivity index (χ3n) is 3.11. The average molecular weight is 322 g/mol.